The van der Waals surface area contributed by atoms with Crippen molar-refractivity contribution in [2.45, 2.75) is 24.1 Å². The summed E-state index contributed by atoms with van der Waals surface area (Å²) in [4.78, 5) is 35.8. The van der Waals surface area contributed by atoms with Crippen molar-refractivity contribution in [2.75, 3.05) is 5.32 Å². The molecule has 1 atom stereocenters. The van der Waals surface area contributed by atoms with Crippen LogP contribution in [0.2, 0.25) is 5.02 Å². The lowest BCUT2D eigenvalue weighted by Crippen LogP contribution is -2.37. The lowest BCUT2D eigenvalue weighted by molar-refractivity contribution is -0.704. The molecule has 0 radical (unpaired) electrons. The highest BCUT2D eigenvalue weighted by Gasteiger charge is 2.29. The van der Waals surface area contributed by atoms with Crippen molar-refractivity contribution in [1.82, 2.24) is 5.27 Å². The van der Waals surface area contributed by atoms with Crippen LogP contribution in [0.3, 0.4) is 0 Å². The summed E-state index contributed by atoms with van der Waals surface area (Å²) in [7, 11) is 0. The van der Waals surface area contributed by atoms with Crippen LogP contribution in [0.4, 0.5) is 5.69 Å². The zero-order chi connectivity index (χ0) is 21.1. The third kappa shape index (κ3) is 4.69. The molecule has 150 valence electrons. The number of aromatic carboxylic acids is 1. The van der Waals surface area contributed by atoms with E-state index in [-0.39, 0.29) is 21.3 Å². The smallest absolute Gasteiger partial charge is 0.442 e. The van der Waals surface area contributed by atoms with Gasteiger partial charge in [-0.3, -0.25) is 9.32 Å². The van der Waals surface area contributed by atoms with E-state index < -0.39 is 22.8 Å². The minimum Gasteiger partial charge on any atom is -0.478 e. The number of carboxylic acid groups (broad SMARTS) is 1. The number of aromatic amines is 1. The molecule has 8 nitrogen and oxygen atoms in total. The van der Waals surface area contributed by atoms with Gasteiger partial charge in [-0.05, 0) is 53.8 Å². The second-order valence-corrected chi connectivity index (χ2v) is 7.94. The molecule has 0 fully saturated rings. The molecule has 1 aromatic heterocycles. The number of carbonyl (C=O) groups excluding carboxylic acids is 1. The summed E-state index contributed by atoms with van der Waals surface area (Å²) in [5.41, 5.74) is 1.31. The average molecular weight is 435 g/mol. The predicted octanol–water partition coefficient (Wildman–Crippen LogP) is 3.02. The topological polar surface area (TPSA) is 116 Å². The van der Waals surface area contributed by atoms with Crippen LogP contribution < -0.4 is 15.6 Å². The number of benzene rings is 2. The molecule has 3 N–H and O–H groups in total. The molecular formula is C19H17ClN3O5S+. The average Bonchev–Trinajstić information content (AvgIpc) is 3.04. The summed E-state index contributed by atoms with van der Waals surface area (Å²) < 4.78 is 6.34. The molecule has 29 heavy (non-hydrogen) atoms. The Morgan fingerprint density at radius 2 is 1.93 bits per heavy atom. The monoisotopic (exact) mass is 434 g/mol. The first-order valence-electron chi connectivity index (χ1n) is 8.47. The number of carbonyl (C=O) groups is 2. The van der Waals surface area contributed by atoms with Gasteiger partial charge in [0, 0.05) is 17.8 Å². The highest BCUT2D eigenvalue weighted by Crippen LogP contribution is 2.23. The van der Waals surface area contributed by atoms with Gasteiger partial charge in [0.15, 0.2) is 0 Å². The van der Waals surface area contributed by atoms with E-state index in [0.29, 0.717) is 5.69 Å². The number of hydrogen-bond acceptors (Lipinski definition) is 5. The molecule has 0 saturated heterocycles. The van der Waals surface area contributed by atoms with E-state index in [4.69, 9.17) is 21.2 Å². The Balaban J connectivity index is 1.78. The summed E-state index contributed by atoms with van der Waals surface area (Å²) in [5.74, 6) is -1.61. The Labute approximate surface area is 174 Å². The molecule has 0 spiro atoms. The molecule has 2 aromatic carbocycles. The third-order valence-electron chi connectivity index (χ3n) is 4.02. The molecule has 0 bridgehead atoms. The zero-order valence-corrected chi connectivity index (χ0v) is 17.0. The molecule has 3 rings (SSSR count). The lowest BCUT2D eigenvalue weighted by atomic mass is 10.2. The third-order valence-corrected chi connectivity index (χ3v) is 5.49. The molecule has 1 unspecified atom stereocenters. The van der Waals surface area contributed by atoms with Gasteiger partial charge in [0.05, 0.1) is 15.8 Å². The van der Waals surface area contributed by atoms with Crippen LogP contribution in [0.15, 0.2) is 56.8 Å². The number of anilines is 1. The maximum atomic E-state index is 12.5. The van der Waals surface area contributed by atoms with E-state index >= 15 is 0 Å². The van der Waals surface area contributed by atoms with Gasteiger partial charge in [-0.15, -0.1) is 0 Å². The Morgan fingerprint density at radius 3 is 2.59 bits per heavy atom. The first-order valence-corrected chi connectivity index (χ1v) is 9.73. The van der Waals surface area contributed by atoms with Gasteiger partial charge >= 0.3 is 16.6 Å². The fourth-order valence-electron chi connectivity index (χ4n) is 2.46. The number of nitrogens with one attached hydrogen (secondary N) is 2. The molecule has 0 aliphatic heterocycles. The zero-order valence-electron chi connectivity index (χ0n) is 15.4. The number of hydrogen-bond donors (Lipinski definition) is 3. The number of nitrogens with zero attached hydrogens (tertiary/aromatic N) is 1. The van der Waals surface area contributed by atoms with Crippen molar-refractivity contribution in [2.24, 2.45) is 0 Å². The van der Waals surface area contributed by atoms with Crippen molar-refractivity contribution in [3.05, 3.63) is 69.0 Å². The van der Waals surface area contributed by atoms with Gasteiger partial charge < -0.3 is 10.4 Å². The SMILES string of the molecule is Cc1ccc(-[n+]2[nH]oc(=O)c2SC(C)C(=O)Nc2ccc(Cl)c(C(=O)O)c2)cc1. The summed E-state index contributed by atoms with van der Waals surface area (Å²) in [6.07, 6.45) is 0. The number of rotatable bonds is 6. The van der Waals surface area contributed by atoms with Crippen LogP contribution in [0.25, 0.3) is 5.69 Å². The quantitative estimate of drug-likeness (QED) is 0.405. The summed E-state index contributed by atoms with van der Waals surface area (Å²) >= 11 is 6.85. The van der Waals surface area contributed by atoms with E-state index in [9.17, 15) is 14.4 Å². The van der Waals surface area contributed by atoms with E-state index in [2.05, 4.69) is 10.6 Å². The van der Waals surface area contributed by atoms with Crippen molar-refractivity contribution in [1.29, 1.82) is 0 Å². The highest BCUT2D eigenvalue weighted by atomic mass is 35.5. The largest absolute Gasteiger partial charge is 0.478 e. The van der Waals surface area contributed by atoms with E-state index in [0.717, 1.165) is 17.3 Å². The number of thioether (sulfide) groups is 1. The van der Waals surface area contributed by atoms with Crippen LogP contribution >= 0.6 is 23.4 Å². The number of amides is 1. The van der Waals surface area contributed by atoms with E-state index in [1.165, 1.54) is 22.9 Å². The molecule has 0 aliphatic rings. The van der Waals surface area contributed by atoms with Crippen LogP contribution in [-0.2, 0) is 4.79 Å². The van der Waals surface area contributed by atoms with Crippen molar-refractivity contribution in [3.63, 3.8) is 0 Å². The predicted molar refractivity (Wildman–Crippen MR) is 108 cm³/mol. The molecule has 1 heterocycles. The highest BCUT2D eigenvalue weighted by molar-refractivity contribution is 8.00. The minimum atomic E-state index is -1.20. The lowest BCUT2D eigenvalue weighted by Gasteiger charge is -2.10. The van der Waals surface area contributed by atoms with Crippen molar-refractivity contribution in [3.8, 4) is 5.69 Å². The molecule has 3 aromatic rings. The maximum Gasteiger partial charge on any atom is 0.442 e. The number of aryl methyl sites for hydroxylation is 1. The Morgan fingerprint density at radius 1 is 1.24 bits per heavy atom. The second kappa shape index (κ2) is 8.54. The summed E-state index contributed by atoms with van der Waals surface area (Å²) in [6.45, 7) is 3.57. The maximum absolute atomic E-state index is 12.5. The fourth-order valence-corrected chi connectivity index (χ4v) is 3.55. The molecule has 0 aliphatic carbocycles. The number of carboxylic acids is 1. The summed E-state index contributed by atoms with van der Waals surface area (Å²) in [6, 6.07) is 11.6. The van der Waals surface area contributed by atoms with E-state index in [1.54, 1.807) is 6.92 Å². The molecular weight excluding hydrogens is 418 g/mol. The number of halogens is 1. The van der Waals surface area contributed by atoms with Gasteiger partial charge in [-0.25, -0.2) is 9.59 Å². The Bertz CT molecular complexity index is 1120. The Kier molecular flexibility index (Phi) is 6.09. The van der Waals surface area contributed by atoms with Gasteiger partial charge in [0.25, 0.3) is 0 Å². The van der Waals surface area contributed by atoms with Gasteiger partial charge in [-0.1, -0.05) is 29.3 Å². The molecule has 0 saturated carbocycles. The number of aromatic nitrogens is 2. The van der Waals surface area contributed by atoms with Crippen molar-refractivity contribution >= 4 is 40.9 Å². The standard InChI is InChI=1S/C19H16ClN3O5S/c1-10-3-6-13(7-4-10)23-17(19(27)28-22-23)29-11(2)16(24)21-12-5-8-15(20)14(9-12)18(25)26/h3-9,11H,1-2H3,(H2-,21,22,24,25,26,27)/p+1. The summed E-state index contributed by atoms with van der Waals surface area (Å²) in [5, 5.41) is 13.9. The van der Waals surface area contributed by atoms with E-state index in [1.807, 2.05) is 31.2 Å². The normalized spacial score (nSPS) is 11.8. The van der Waals surface area contributed by atoms with Crippen LogP contribution in [0.1, 0.15) is 22.8 Å². The second-order valence-electron chi connectivity index (χ2n) is 6.21. The van der Waals surface area contributed by atoms with Gasteiger partial charge in [0.1, 0.15) is 0 Å². The van der Waals surface area contributed by atoms with Gasteiger partial charge in [0.2, 0.25) is 11.6 Å². The van der Waals surface area contributed by atoms with Crippen LogP contribution in [0, 0.1) is 6.92 Å². The minimum absolute atomic E-state index is 0.0713. The fraction of sp³-hybridized carbons (Fsp3) is 0.158. The van der Waals surface area contributed by atoms with Crippen molar-refractivity contribution < 1.29 is 23.9 Å². The number of H-pyrrole nitrogens is 1. The Hall–Kier alpha value is -3.04. The molecule has 10 heteroatoms. The van der Waals surface area contributed by atoms with Crippen LogP contribution in [0.5, 0.6) is 0 Å². The van der Waals surface area contributed by atoms with Crippen LogP contribution in [-0.4, -0.2) is 27.5 Å². The first kappa shape index (κ1) is 20.7. The van der Waals surface area contributed by atoms with Gasteiger partial charge in [-0.2, -0.15) is 0 Å². The first-order chi connectivity index (χ1) is 13.8. The molecule has 1 amide bonds.